The van der Waals surface area contributed by atoms with E-state index in [1.165, 1.54) is 14.0 Å². The van der Waals surface area contributed by atoms with E-state index < -0.39 is 0 Å². The van der Waals surface area contributed by atoms with Crippen LogP contribution in [0, 0.1) is 0 Å². The maximum atomic E-state index is 12.7. The highest BCUT2D eigenvalue weighted by atomic mass is 16.5. The molecule has 4 rings (SSSR count). The van der Waals surface area contributed by atoms with Gasteiger partial charge in [-0.05, 0) is 37.1 Å². The van der Waals surface area contributed by atoms with Gasteiger partial charge in [-0.1, -0.05) is 11.2 Å². The quantitative estimate of drug-likeness (QED) is 0.627. The van der Waals surface area contributed by atoms with Crippen molar-refractivity contribution in [3.05, 3.63) is 48.5 Å². The van der Waals surface area contributed by atoms with E-state index >= 15 is 0 Å². The van der Waals surface area contributed by atoms with Crippen molar-refractivity contribution in [1.82, 2.24) is 20.0 Å². The molecule has 10 nitrogen and oxygen atoms in total. The summed E-state index contributed by atoms with van der Waals surface area (Å²) in [4.78, 5) is 34.5. The number of aromatic nitrogens is 3. The van der Waals surface area contributed by atoms with Crippen molar-refractivity contribution >= 4 is 23.3 Å². The lowest BCUT2D eigenvalue weighted by molar-refractivity contribution is -0.114. The van der Waals surface area contributed by atoms with Crippen molar-refractivity contribution < 1.29 is 18.8 Å². The van der Waals surface area contributed by atoms with Gasteiger partial charge in [-0.3, -0.25) is 9.78 Å². The van der Waals surface area contributed by atoms with Crippen LogP contribution in [0.15, 0.2) is 47.1 Å². The summed E-state index contributed by atoms with van der Waals surface area (Å²) in [5.41, 5.74) is 1.79. The lowest BCUT2D eigenvalue weighted by Crippen LogP contribution is -2.40. The van der Waals surface area contributed by atoms with Crippen LogP contribution >= 0.6 is 0 Å². The fraction of sp³-hybridized carbons (Fsp3) is 0.318. The van der Waals surface area contributed by atoms with Gasteiger partial charge >= 0.3 is 6.03 Å². The van der Waals surface area contributed by atoms with Gasteiger partial charge in [0.15, 0.2) is 0 Å². The van der Waals surface area contributed by atoms with Crippen LogP contribution in [0.2, 0.25) is 0 Å². The Labute approximate surface area is 185 Å². The van der Waals surface area contributed by atoms with Crippen LogP contribution < -0.4 is 15.4 Å². The van der Waals surface area contributed by atoms with Crippen molar-refractivity contribution in [3.63, 3.8) is 0 Å². The number of carbonyl (C=O) groups excluding carboxylic acids is 2. The number of benzene rings is 1. The van der Waals surface area contributed by atoms with E-state index in [1.54, 1.807) is 29.3 Å². The summed E-state index contributed by atoms with van der Waals surface area (Å²) >= 11 is 0. The number of rotatable bonds is 5. The number of carbonyl (C=O) groups is 2. The minimum atomic E-state index is -0.198. The molecule has 32 heavy (non-hydrogen) atoms. The Morgan fingerprint density at radius 1 is 1.16 bits per heavy atom. The van der Waals surface area contributed by atoms with E-state index in [9.17, 15) is 9.59 Å². The number of hydrogen-bond donors (Lipinski definition) is 2. The largest absolute Gasteiger partial charge is 0.494 e. The van der Waals surface area contributed by atoms with Gasteiger partial charge in [0.25, 0.3) is 0 Å². The molecule has 0 unspecified atom stereocenters. The fourth-order valence-corrected chi connectivity index (χ4v) is 3.59. The van der Waals surface area contributed by atoms with Gasteiger partial charge in [-0.25, -0.2) is 4.79 Å². The lowest BCUT2D eigenvalue weighted by atomic mass is 9.97. The van der Waals surface area contributed by atoms with E-state index in [4.69, 9.17) is 9.26 Å². The molecule has 1 aliphatic heterocycles. The van der Waals surface area contributed by atoms with Gasteiger partial charge in [-0.2, -0.15) is 4.98 Å². The molecule has 0 saturated carbocycles. The molecule has 0 radical (unpaired) electrons. The van der Waals surface area contributed by atoms with Crippen molar-refractivity contribution in [2.75, 3.05) is 30.8 Å². The highest BCUT2D eigenvalue weighted by Gasteiger charge is 2.28. The number of amides is 3. The molecule has 3 aromatic rings. The highest BCUT2D eigenvalue weighted by Crippen LogP contribution is 2.30. The van der Waals surface area contributed by atoms with E-state index in [1.807, 2.05) is 18.2 Å². The number of anilines is 2. The third-order valence-corrected chi connectivity index (χ3v) is 5.23. The lowest BCUT2D eigenvalue weighted by Gasteiger charge is -2.30. The van der Waals surface area contributed by atoms with Gasteiger partial charge in [0, 0.05) is 43.9 Å². The average Bonchev–Trinajstić information content (AvgIpc) is 3.31. The standard InChI is InChI=1S/C22H24N6O4/c1-14(29)24-17-7-6-16(13-19(17)31-2)25-22(30)28-11-8-15(9-12-28)21-26-20(27-32-21)18-5-3-4-10-23-18/h3-7,10,13,15H,8-9,11-12H2,1-2H3,(H,24,29)(H,25,30). The first-order chi connectivity index (χ1) is 15.5. The molecule has 3 amide bonds. The minimum absolute atomic E-state index is 0.0982. The van der Waals surface area contributed by atoms with Crippen molar-refractivity contribution in [3.8, 4) is 17.3 Å². The van der Waals surface area contributed by atoms with Crippen LogP contribution in [-0.4, -0.2) is 52.2 Å². The summed E-state index contributed by atoms with van der Waals surface area (Å²) < 4.78 is 10.8. The van der Waals surface area contributed by atoms with Gasteiger partial charge in [0.2, 0.25) is 17.6 Å². The maximum Gasteiger partial charge on any atom is 0.321 e. The summed E-state index contributed by atoms with van der Waals surface area (Å²) in [5, 5.41) is 9.60. The SMILES string of the molecule is COc1cc(NC(=O)N2CCC(c3nc(-c4ccccn4)no3)CC2)ccc1NC(C)=O. The third-order valence-electron chi connectivity index (χ3n) is 5.23. The molecule has 1 saturated heterocycles. The van der Waals surface area contributed by atoms with E-state index in [2.05, 4.69) is 25.8 Å². The molecule has 1 fully saturated rings. The number of methoxy groups -OCH3 is 1. The van der Waals surface area contributed by atoms with E-state index in [0.29, 0.717) is 47.6 Å². The van der Waals surface area contributed by atoms with E-state index in [0.717, 1.165) is 12.8 Å². The predicted octanol–water partition coefficient (Wildman–Crippen LogP) is 3.51. The normalized spacial score (nSPS) is 14.1. The van der Waals surface area contributed by atoms with Crippen molar-refractivity contribution in [1.29, 1.82) is 0 Å². The Kier molecular flexibility index (Phi) is 6.29. The van der Waals surface area contributed by atoms with Crippen LogP contribution in [0.25, 0.3) is 11.5 Å². The summed E-state index contributed by atoms with van der Waals surface area (Å²) in [6, 6.07) is 10.4. The molecule has 0 aliphatic carbocycles. The van der Waals surface area contributed by atoms with Crippen molar-refractivity contribution in [2.24, 2.45) is 0 Å². The predicted molar refractivity (Wildman–Crippen MR) is 117 cm³/mol. The molecule has 2 aromatic heterocycles. The number of hydrogen-bond acceptors (Lipinski definition) is 7. The molecule has 0 bridgehead atoms. The van der Waals surface area contributed by atoms with Gasteiger partial charge in [0.05, 0.1) is 12.8 Å². The molecule has 1 aromatic carbocycles. The maximum absolute atomic E-state index is 12.7. The fourth-order valence-electron chi connectivity index (χ4n) is 3.59. The second-order valence-corrected chi connectivity index (χ2v) is 7.46. The summed E-state index contributed by atoms with van der Waals surface area (Å²) in [6.45, 7) is 2.56. The first kappa shape index (κ1) is 21.3. The molecule has 166 valence electrons. The minimum Gasteiger partial charge on any atom is -0.494 e. The smallest absolute Gasteiger partial charge is 0.321 e. The number of piperidine rings is 1. The first-order valence-corrected chi connectivity index (χ1v) is 10.3. The molecular formula is C22H24N6O4. The van der Waals surface area contributed by atoms with Gasteiger partial charge in [0.1, 0.15) is 11.4 Å². The van der Waals surface area contributed by atoms with Gasteiger partial charge < -0.3 is 24.8 Å². The molecule has 2 N–H and O–H groups in total. The Morgan fingerprint density at radius 2 is 1.97 bits per heavy atom. The zero-order valence-electron chi connectivity index (χ0n) is 17.9. The Morgan fingerprint density at radius 3 is 2.66 bits per heavy atom. The Balaban J connectivity index is 1.34. The molecule has 1 aliphatic rings. The van der Waals surface area contributed by atoms with Crippen LogP contribution in [0.3, 0.4) is 0 Å². The number of nitrogens with one attached hydrogen (secondary N) is 2. The number of pyridine rings is 1. The number of ether oxygens (including phenoxy) is 1. The third kappa shape index (κ3) is 4.85. The van der Waals surface area contributed by atoms with Crippen LogP contribution in [0.4, 0.5) is 16.2 Å². The van der Waals surface area contributed by atoms with Crippen molar-refractivity contribution in [2.45, 2.75) is 25.7 Å². The number of urea groups is 1. The number of nitrogens with zero attached hydrogens (tertiary/aromatic N) is 4. The van der Waals surface area contributed by atoms with Gasteiger partial charge in [-0.15, -0.1) is 0 Å². The highest BCUT2D eigenvalue weighted by molar-refractivity contribution is 5.93. The monoisotopic (exact) mass is 436 g/mol. The molecule has 10 heteroatoms. The van der Waals surface area contributed by atoms with Crippen LogP contribution in [-0.2, 0) is 4.79 Å². The second-order valence-electron chi connectivity index (χ2n) is 7.46. The molecular weight excluding hydrogens is 412 g/mol. The topological polar surface area (TPSA) is 122 Å². The average molecular weight is 436 g/mol. The molecule has 0 spiro atoms. The Bertz CT molecular complexity index is 1090. The zero-order chi connectivity index (χ0) is 22.5. The number of likely N-dealkylation sites (tertiary alicyclic amines) is 1. The zero-order valence-corrected chi connectivity index (χ0v) is 17.9. The van der Waals surface area contributed by atoms with E-state index in [-0.39, 0.29) is 17.9 Å². The molecule has 3 heterocycles. The van der Waals surface area contributed by atoms with Crippen LogP contribution in [0.1, 0.15) is 31.6 Å². The first-order valence-electron chi connectivity index (χ1n) is 10.3. The summed E-state index contributed by atoms with van der Waals surface area (Å²) in [7, 11) is 1.51. The second kappa shape index (κ2) is 9.46. The van der Waals surface area contributed by atoms with Crippen LogP contribution in [0.5, 0.6) is 5.75 Å². The summed E-state index contributed by atoms with van der Waals surface area (Å²) in [5.74, 6) is 1.41. The Hall–Kier alpha value is -3.95. The molecule has 0 atom stereocenters. The summed E-state index contributed by atoms with van der Waals surface area (Å²) in [6.07, 6.45) is 3.13.